The Hall–Kier alpha value is -2.89. The van der Waals surface area contributed by atoms with Gasteiger partial charge in [0.2, 0.25) is 5.75 Å². The van der Waals surface area contributed by atoms with Crippen LogP contribution in [0.5, 0.6) is 17.2 Å². The first-order valence-electron chi connectivity index (χ1n) is 9.60. The van der Waals surface area contributed by atoms with Crippen molar-refractivity contribution in [2.75, 3.05) is 34.4 Å². The molecule has 28 heavy (non-hydrogen) atoms. The minimum absolute atomic E-state index is 0.549. The Bertz CT molecular complexity index is 811. The number of fused-ring (bicyclic) bond motifs is 1. The second-order valence-electron chi connectivity index (χ2n) is 6.60. The van der Waals surface area contributed by atoms with Crippen LogP contribution in [0.1, 0.15) is 23.6 Å². The van der Waals surface area contributed by atoms with E-state index in [1.165, 1.54) is 11.1 Å². The van der Waals surface area contributed by atoms with Crippen LogP contribution in [0, 0.1) is 0 Å². The molecule has 6 nitrogen and oxygen atoms in total. The number of rotatable bonds is 6. The summed E-state index contributed by atoms with van der Waals surface area (Å²) in [6.07, 6.45) is 1.03. The fraction of sp³-hybridized carbons (Fsp3) is 0.409. The lowest BCUT2D eigenvalue weighted by atomic mass is 10.0. The summed E-state index contributed by atoms with van der Waals surface area (Å²) in [4.78, 5) is 6.76. The summed E-state index contributed by atoms with van der Waals surface area (Å²) in [7, 11) is 5.10. The molecule has 0 fully saturated rings. The highest BCUT2D eigenvalue weighted by atomic mass is 16.5. The molecule has 0 spiro atoms. The topological polar surface area (TPSA) is 55.3 Å². The van der Waals surface area contributed by atoms with E-state index >= 15 is 0 Å². The zero-order chi connectivity index (χ0) is 19.9. The van der Waals surface area contributed by atoms with E-state index in [-0.39, 0.29) is 0 Å². The summed E-state index contributed by atoms with van der Waals surface area (Å²) in [5.41, 5.74) is 3.83. The van der Waals surface area contributed by atoms with Gasteiger partial charge in [-0.3, -0.25) is 4.99 Å². The number of methoxy groups -OCH3 is 2. The molecule has 1 aliphatic heterocycles. The summed E-state index contributed by atoms with van der Waals surface area (Å²) in [5.74, 6) is 2.86. The molecule has 0 aromatic heterocycles. The van der Waals surface area contributed by atoms with Gasteiger partial charge in [-0.05, 0) is 42.2 Å². The van der Waals surface area contributed by atoms with E-state index in [1.807, 2.05) is 26.1 Å². The molecule has 0 amide bonds. The van der Waals surface area contributed by atoms with Crippen LogP contribution in [0.4, 0.5) is 0 Å². The van der Waals surface area contributed by atoms with Crippen molar-refractivity contribution in [1.29, 1.82) is 0 Å². The van der Waals surface area contributed by atoms with Gasteiger partial charge in [-0.1, -0.05) is 24.3 Å². The van der Waals surface area contributed by atoms with Gasteiger partial charge in [0.15, 0.2) is 17.5 Å². The highest BCUT2D eigenvalue weighted by Gasteiger charge is 2.19. The van der Waals surface area contributed by atoms with Crippen molar-refractivity contribution < 1.29 is 14.2 Å². The predicted molar refractivity (Wildman–Crippen MR) is 111 cm³/mol. The number of hydrogen-bond acceptors (Lipinski definition) is 4. The lowest BCUT2D eigenvalue weighted by Crippen LogP contribution is -2.43. The van der Waals surface area contributed by atoms with Crippen molar-refractivity contribution in [2.45, 2.75) is 26.4 Å². The zero-order valence-electron chi connectivity index (χ0n) is 17.1. The fourth-order valence-corrected chi connectivity index (χ4v) is 3.51. The largest absolute Gasteiger partial charge is 0.493 e. The quantitative estimate of drug-likeness (QED) is 0.613. The first-order chi connectivity index (χ1) is 13.7. The van der Waals surface area contributed by atoms with E-state index in [0.29, 0.717) is 30.4 Å². The summed E-state index contributed by atoms with van der Waals surface area (Å²) >= 11 is 0. The average Bonchev–Trinajstić information content (AvgIpc) is 2.74. The van der Waals surface area contributed by atoms with Gasteiger partial charge in [0.05, 0.1) is 20.8 Å². The molecule has 2 aromatic carbocycles. The molecule has 0 radical (unpaired) electrons. The molecule has 0 saturated heterocycles. The van der Waals surface area contributed by atoms with E-state index in [1.54, 1.807) is 14.2 Å². The molecule has 0 bridgehead atoms. The highest BCUT2D eigenvalue weighted by Crippen LogP contribution is 2.38. The maximum Gasteiger partial charge on any atom is 0.203 e. The van der Waals surface area contributed by atoms with Crippen LogP contribution < -0.4 is 19.5 Å². The predicted octanol–water partition coefficient (Wildman–Crippen LogP) is 3.24. The fourth-order valence-electron chi connectivity index (χ4n) is 3.51. The van der Waals surface area contributed by atoms with Crippen molar-refractivity contribution >= 4 is 5.96 Å². The number of ether oxygens (including phenoxy) is 3. The van der Waals surface area contributed by atoms with Gasteiger partial charge in [-0.25, -0.2) is 0 Å². The zero-order valence-corrected chi connectivity index (χ0v) is 17.1. The molecular formula is C22H29N3O3. The minimum atomic E-state index is 0.549. The first kappa shape index (κ1) is 19.9. The third-order valence-corrected chi connectivity index (χ3v) is 4.90. The van der Waals surface area contributed by atoms with Crippen LogP contribution in [0.25, 0.3) is 0 Å². The summed E-state index contributed by atoms with van der Waals surface area (Å²) in [6, 6.07) is 12.5. The normalized spacial score (nSPS) is 13.7. The second-order valence-corrected chi connectivity index (χ2v) is 6.60. The SMILES string of the molecule is CCOc1c(OC)cc(CNC(=NC)N2CCc3ccccc3C2)cc1OC. The molecule has 0 atom stereocenters. The molecule has 0 aliphatic carbocycles. The Morgan fingerprint density at radius 3 is 2.39 bits per heavy atom. The number of nitrogens with zero attached hydrogens (tertiary/aromatic N) is 2. The first-order valence-corrected chi connectivity index (χ1v) is 9.60. The Labute approximate surface area is 167 Å². The molecule has 2 aromatic rings. The molecule has 0 unspecified atom stereocenters. The number of nitrogens with one attached hydrogen (secondary N) is 1. The van der Waals surface area contributed by atoms with Gasteiger partial charge >= 0.3 is 0 Å². The Morgan fingerprint density at radius 2 is 1.79 bits per heavy atom. The van der Waals surface area contributed by atoms with Crippen LogP contribution in [-0.2, 0) is 19.5 Å². The van der Waals surface area contributed by atoms with Crippen molar-refractivity contribution in [1.82, 2.24) is 10.2 Å². The standard InChI is InChI=1S/C22H29N3O3/c1-5-28-21-19(26-3)12-16(13-20(21)27-4)14-24-22(23-2)25-11-10-17-8-6-7-9-18(17)15-25/h6-9,12-13H,5,10-11,14-15H2,1-4H3,(H,23,24). The Kier molecular flexibility index (Phi) is 6.63. The van der Waals surface area contributed by atoms with Gasteiger partial charge in [0.25, 0.3) is 0 Å². The number of hydrogen-bond donors (Lipinski definition) is 1. The Balaban J connectivity index is 1.72. The summed E-state index contributed by atoms with van der Waals surface area (Å²) in [5, 5.41) is 3.46. The van der Waals surface area contributed by atoms with Gasteiger partial charge in [0, 0.05) is 26.7 Å². The lowest BCUT2D eigenvalue weighted by Gasteiger charge is -2.31. The summed E-state index contributed by atoms with van der Waals surface area (Å²) < 4.78 is 16.7. The van der Waals surface area contributed by atoms with Crippen molar-refractivity contribution in [2.24, 2.45) is 4.99 Å². The van der Waals surface area contributed by atoms with Crippen LogP contribution in [-0.4, -0.2) is 45.3 Å². The molecule has 1 heterocycles. The van der Waals surface area contributed by atoms with Crippen LogP contribution in [0.2, 0.25) is 0 Å². The average molecular weight is 383 g/mol. The highest BCUT2D eigenvalue weighted by molar-refractivity contribution is 5.80. The van der Waals surface area contributed by atoms with Gasteiger partial charge in [-0.2, -0.15) is 0 Å². The second kappa shape index (κ2) is 9.35. The van der Waals surface area contributed by atoms with Gasteiger partial charge < -0.3 is 24.4 Å². The maximum atomic E-state index is 5.68. The maximum absolute atomic E-state index is 5.68. The number of aliphatic imine (C=N–C) groups is 1. The number of benzene rings is 2. The molecule has 150 valence electrons. The minimum Gasteiger partial charge on any atom is -0.493 e. The van der Waals surface area contributed by atoms with Crippen molar-refractivity contribution in [3.05, 3.63) is 53.1 Å². The smallest absolute Gasteiger partial charge is 0.203 e. The van der Waals surface area contributed by atoms with Crippen LogP contribution >= 0.6 is 0 Å². The van der Waals surface area contributed by atoms with Crippen LogP contribution in [0.3, 0.4) is 0 Å². The van der Waals surface area contributed by atoms with Gasteiger partial charge in [0.1, 0.15) is 0 Å². The molecule has 3 rings (SSSR count). The van der Waals surface area contributed by atoms with Crippen molar-refractivity contribution in [3.8, 4) is 17.2 Å². The lowest BCUT2D eigenvalue weighted by molar-refractivity contribution is 0.288. The monoisotopic (exact) mass is 383 g/mol. The van der Waals surface area contributed by atoms with E-state index in [2.05, 4.69) is 39.5 Å². The third-order valence-electron chi connectivity index (χ3n) is 4.90. The molecule has 6 heteroatoms. The number of guanidine groups is 1. The molecule has 0 saturated carbocycles. The van der Waals surface area contributed by atoms with E-state index in [0.717, 1.165) is 31.0 Å². The molecular weight excluding hydrogens is 354 g/mol. The summed E-state index contributed by atoms with van der Waals surface area (Å²) in [6.45, 7) is 4.92. The Morgan fingerprint density at radius 1 is 1.11 bits per heavy atom. The van der Waals surface area contributed by atoms with Crippen LogP contribution in [0.15, 0.2) is 41.4 Å². The van der Waals surface area contributed by atoms with E-state index < -0.39 is 0 Å². The van der Waals surface area contributed by atoms with E-state index in [9.17, 15) is 0 Å². The van der Waals surface area contributed by atoms with Crippen molar-refractivity contribution in [3.63, 3.8) is 0 Å². The molecule has 1 N–H and O–H groups in total. The third kappa shape index (κ3) is 4.32. The van der Waals surface area contributed by atoms with E-state index in [4.69, 9.17) is 14.2 Å². The molecule has 1 aliphatic rings. The van der Waals surface area contributed by atoms with Gasteiger partial charge in [-0.15, -0.1) is 0 Å².